The molecule has 0 saturated carbocycles. The van der Waals surface area contributed by atoms with Crippen LogP contribution in [-0.4, -0.2) is 48.4 Å². The van der Waals surface area contributed by atoms with Crippen molar-refractivity contribution >= 4 is 17.0 Å². The highest BCUT2D eigenvalue weighted by Crippen LogP contribution is 2.33. The SMILES string of the molecule is COc1nc2c(C)ccc(C(=O)O)c2n1-c1ccc(-c2ccccc2-c2nnn[nH]2)cc1. The van der Waals surface area contributed by atoms with E-state index in [1.54, 1.807) is 16.7 Å². The summed E-state index contributed by atoms with van der Waals surface area (Å²) < 4.78 is 7.21. The molecule has 5 rings (SSSR count). The molecular formula is C23H18N6O3. The smallest absolute Gasteiger partial charge is 0.337 e. The van der Waals surface area contributed by atoms with Crippen LogP contribution in [0.3, 0.4) is 0 Å². The predicted octanol–water partition coefficient (Wildman–Crippen LogP) is 3.89. The van der Waals surface area contributed by atoms with Gasteiger partial charge in [-0.25, -0.2) is 9.89 Å². The summed E-state index contributed by atoms with van der Waals surface area (Å²) >= 11 is 0. The fourth-order valence-electron chi connectivity index (χ4n) is 3.84. The molecule has 2 aromatic heterocycles. The molecule has 0 fully saturated rings. The minimum absolute atomic E-state index is 0.161. The Morgan fingerprint density at radius 2 is 1.78 bits per heavy atom. The van der Waals surface area contributed by atoms with Crippen molar-refractivity contribution in [2.45, 2.75) is 6.92 Å². The van der Waals surface area contributed by atoms with E-state index in [0.717, 1.165) is 27.9 Å². The first-order chi connectivity index (χ1) is 15.6. The second-order valence-electron chi connectivity index (χ2n) is 7.21. The number of hydrogen-bond acceptors (Lipinski definition) is 6. The van der Waals surface area contributed by atoms with Crippen LogP contribution in [0.5, 0.6) is 6.01 Å². The van der Waals surface area contributed by atoms with Crippen molar-refractivity contribution < 1.29 is 14.6 Å². The minimum Gasteiger partial charge on any atom is -0.478 e. The van der Waals surface area contributed by atoms with E-state index in [4.69, 9.17) is 4.74 Å². The van der Waals surface area contributed by atoms with Gasteiger partial charge < -0.3 is 9.84 Å². The van der Waals surface area contributed by atoms with Gasteiger partial charge in [-0.2, -0.15) is 4.98 Å². The highest BCUT2D eigenvalue weighted by atomic mass is 16.5. The first-order valence-electron chi connectivity index (χ1n) is 9.81. The predicted molar refractivity (Wildman–Crippen MR) is 118 cm³/mol. The van der Waals surface area contributed by atoms with Crippen molar-refractivity contribution in [2.24, 2.45) is 0 Å². The molecule has 9 heteroatoms. The maximum absolute atomic E-state index is 11.9. The molecule has 0 unspecified atom stereocenters. The Morgan fingerprint density at radius 3 is 2.44 bits per heavy atom. The topological polar surface area (TPSA) is 119 Å². The number of benzene rings is 3. The van der Waals surface area contributed by atoms with Gasteiger partial charge in [-0.3, -0.25) is 4.57 Å². The first kappa shape index (κ1) is 19.4. The highest BCUT2D eigenvalue weighted by Gasteiger charge is 2.21. The molecular weight excluding hydrogens is 408 g/mol. The van der Waals surface area contributed by atoms with Crippen LogP contribution in [0.15, 0.2) is 60.7 Å². The van der Waals surface area contributed by atoms with Crippen LogP contribution in [-0.2, 0) is 0 Å². The molecule has 2 N–H and O–H groups in total. The zero-order chi connectivity index (χ0) is 22.2. The van der Waals surface area contributed by atoms with Crippen molar-refractivity contribution in [1.29, 1.82) is 0 Å². The zero-order valence-electron chi connectivity index (χ0n) is 17.3. The molecule has 0 atom stereocenters. The Hall–Kier alpha value is -4.53. The Balaban J connectivity index is 1.67. The van der Waals surface area contributed by atoms with Gasteiger partial charge in [0, 0.05) is 5.56 Å². The van der Waals surface area contributed by atoms with Crippen molar-refractivity contribution in [3.05, 3.63) is 71.8 Å². The third kappa shape index (κ3) is 3.07. The van der Waals surface area contributed by atoms with E-state index in [1.807, 2.05) is 55.5 Å². The van der Waals surface area contributed by atoms with Crippen LogP contribution >= 0.6 is 0 Å². The van der Waals surface area contributed by atoms with Gasteiger partial charge in [0.1, 0.15) is 0 Å². The lowest BCUT2D eigenvalue weighted by atomic mass is 9.99. The number of aryl methyl sites for hydroxylation is 1. The molecule has 32 heavy (non-hydrogen) atoms. The zero-order valence-corrected chi connectivity index (χ0v) is 17.3. The second kappa shape index (κ2) is 7.62. The van der Waals surface area contributed by atoms with Gasteiger partial charge >= 0.3 is 12.0 Å². The molecule has 2 heterocycles. The number of H-pyrrole nitrogens is 1. The molecule has 0 aliphatic carbocycles. The van der Waals surface area contributed by atoms with Crippen molar-refractivity contribution in [3.63, 3.8) is 0 Å². The monoisotopic (exact) mass is 426 g/mol. The number of hydrogen-bond donors (Lipinski definition) is 2. The van der Waals surface area contributed by atoms with Gasteiger partial charge in [-0.1, -0.05) is 42.5 Å². The van der Waals surface area contributed by atoms with Crippen LogP contribution < -0.4 is 4.74 Å². The number of nitrogens with one attached hydrogen (secondary N) is 1. The van der Waals surface area contributed by atoms with E-state index in [1.165, 1.54) is 7.11 Å². The van der Waals surface area contributed by atoms with Crippen LogP contribution in [0, 0.1) is 6.92 Å². The lowest BCUT2D eigenvalue weighted by Gasteiger charge is -2.12. The Bertz CT molecular complexity index is 1440. The number of rotatable bonds is 5. The fourth-order valence-corrected chi connectivity index (χ4v) is 3.84. The second-order valence-corrected chi connectivity index (χ2v) is 7.21. The number of nitrogens with zero attached hydrogens (tertiary/aromatic N) is 5. The molecule has 0 aliphatic rings. The number of aromatic amines is 1. The molecule has 0 amide bonds. The van der Waals surface area contributed by atoms with E-state index in [2.05, 4.69) is 25.6 Å². The summed E-state index contributed by atoms with van der Waals surface area (Å²) in [5.41, 5.74) is 5.65. The molecule has 158 valence electrons. The molecule has 0 bridgehead atoms. The molecule has 0 radical (unpaired) electrons. The number of aromatic carboxylic acids is 1. The summed E-state index contributed by atoms with van der Waals surface area (Å²) in [7, 11) is 1.52. The number of aromatic nitrogens is 6. The average Bonchev–Trinajstić information content (AvgIpc) is 3.48. The minimum atomic E-state index is -1.02. The van der Waals surface area contributed by atoms with Crippen LogP contribution in [0.25, 0.3) is 39.2 Å². The third-order valence-corrected chi connectivity index (χ3v) is 5.35. The van der Waals surface area contributed by atoms with E-state index >= 15 is 0 Å². The maximum atomic E-state index is 11.9. The number of carboxylic acids is 1. The molecule has 9 nitrogen and oxygen atoms in total. The van der Waals surface area contributed by atoms with Crippen molar-refractivity contribution in [3.8, 4) is 34.2 Å². The van der Waals surface area contributed by atoms with Crippen LogP contribution in [0.2, 0.25) is 0 Å². The quantitative estimate of drug-likeness (QED) is 0.438. The number of tetrazole rings is 1. The number of ether oxygens (including phenoxy) is 1. The summed E-state index contributed by atoms with van der Waals surface area (Å²) in [6.45, 7) is 1.89. The number of carboxylic acid groups (broad SMARTS) is 1. The molecule has 0 aliphatic heterocycles. The highest BCUT2D eigenvalue weighted by molar-refractivity contribution is 6.03. The third-order valence-electron chi connectivity index (χ3n) is 5.35. The van der Waals surface area contributed by atoms with Gasteiger partial charge in [0.05, 0.1) is 29.4 Å². The van der Waals surface area contributed by atoms with Gasteiger partial charge in [0.2, 0.25) is 0 Å². The molecule has 0 spiro atoms. The van der Waals surface area contributed by atoms with Crippen molar-refractivity contribution in [2.75, 3.05) is 7.11 Å². The van der Waals surface area contributed by atoms with Crippen molar-refractivity contribution in [1.82, 2.24) is 30.2 Å². The maximum Gasteiger partial charge on any atom is 0.337 e. The van der Waals surface area contributed by atoms with Crippen LogP contribution in [0.4, 0.5) is 0 Å². The van der Waals surface area contributed by atoms with Crippen LogP contribution in [0.1, 0.15) is 15.9 Å². The Morgan fingerprint density at radius 1 is 1.03 bits per heavy atom. The van der Waals surface area contributed by atoms with E-state index in [9.17, 15) is 9.90 Å². The fraction of sp³-hybridized carbons (Fsp3) is 0.0870. The molecule has 5 aromatic rings. The van der Waals surface area contributed by atoms with Gasteiger partial charge in [-0.05, 0) is 52.2 Å². The first-order valence-corrected chi connectivity index (χ1v) is 9.81. The van der Waals surface area contributed by atoms with Gasteiger partial charge in [0.15, 0.2) is 5.82 Å². The average molecular weight is 426 g/mol. The Kier molecular flexibility index (Phi) is 4.63. The lowest BCUT2D eigenvalue weighted by Crippen LogP contribution is -2.04. The number of carbonyl (C=O) groups is 1. The summed E-state index contributed by atoms with van der Waals surface area (Å²) in [6, 6.07) is 19.2. The Labute approximate surface area is 182 Å². The van der Waals surface area contributed by atoms with E-state index < -0.39 is 5.97 Å². The lowest BCUT2D eigenvalue weighted by molar-refractivity contribution is 0.0698. The number of imidazole rings is 1. The summed E-state index contributed by atoms with van der Waals surface area (Å²) in [5.74, 6) is -0.446. The standard InChI is InChI=1S/C23H18N6O3/c1-13-7-12-18(22(30)31)20-19(13)24-23(32-2)29(20)15-10-8-14(9-11-15)16-5-3-4-6-17(16)21-25-27-28-26-21/h3-12H,1-2H3,(H,30,31)(H,25,26,27,28). The van der Waals surface area contributed by atoms with Gasteiger partial charge in [0.25, 0.3) is 0 Å². The van der Waals surface area contributed by atoms with E-state index in [-0.39, 0.29) is 5.56 Å². The largest absolute Gasteiger partial charge is 0.478 e. The summed E-state index contributed by atoms with van der Waals surface area (Å²) in [4.78, 5) is 16.4. The molecule has 0 saturated heterocycles. The molecule has 3 aromatic carbocycles. The summed E-state index contributed by atoms with van der Waals surface area (Å²) in [6.07, 6.45) is 0. The van der Waals surface area contributed by atoms with E-state index in [0.29, 0.717) is 22.9 Å². The van der Waals surface area contributed by atoms with Gasteiger partial charge in [-0.15, -0.1) is 5.10 Å². The number of methoxy groups -OCH3 is 1. The summed E-state index contributed by atoms with van der Waals surface area (Å²) in [5, 5.41) is 23.9. The normalized spacial score (nSPS) is 11.1. The number of fused-ring (bicyclic) bond motifs is 1.